The SMILES string of the molecule is Cc1cc(C)cc(NC(=O)NCC(C)CCO)c1. The highest BCUT2D eigenvalue weighted by atomic mass is 16.3. The van der Waals surface area contributed by atoms with Crippen molar-refractivity contribution in [3.05, 3.63) is 29.3 Å². The molecule has 0 saturated carbocycles. The molecule has 4 heteroatoms. The largest absolute Gasteiger partial charge is 0.396 e. The number of aliphatic hydroxyl groups excluding tert-OH is 1. The minimum atomic E-state index is -0.204. The molecular formula is C14H22N2O2. The lowest BCUT2D eigenvalue weighted by Crippen LogP contribution is -2.32. The molecule has 4 nitrogen and oxygen atoms in total. The molecule has 0 radical (unpaired) electrons. The maximum absolute atomic E-state index is 11.7. The van der Waals surface area contributed by atoms with E-state index in [1.807, 2.05) is 32.9 Å². The van der Waals surface area contributed by atoms with Crippen LogP contribution in [0.1, 0.15) is 24.5 Å². The number of hydrogen-bond donors (Lipinski definition) is 3. The lowest BCUT2D eigenvalue weighted by Gasteiger charge is -2.12. The van der Waals surface area contributed by atoms with Crippen LogP contribution in [-0.2, 0) is 0 Å². The molecule has 0 saturated heterocycles. The Balaban J connectivity index is 2.44. The molecular weight excluding hydrogens is 228 g/mol. The van der Waals surface area contributed by atoms with Gasteiger partial charge in [-0.3, -0.25) is 0 Å². The van der Waals surface area contributed by atoms with Crippen molar-refractivity contribution < 1.29 is 9.90 Å². The van der Waals surface area contributed by atoms with E-state index in [4.69, 9.17) is 5.11 Å². The van der Waals surface area contributed by atoms with E-state index >= 15 is 0 Å². The van der Waals surface area contributed by atoms with E-state index in [0.717, 1.165) is 16.8 Å². The number of benzene rings is 1. The number of carbonyl (C=O) groups excluding carboxylic acids is 1. The first kappa shape index (κ1) is 14.5. The Kier molecular flexibility index (Phi) is 5.65. The summed E-state index contributed by atoms with van der Waals surface area (Å²) in [6, 6.07) is 5.73. The molecule has 0 heterocycles. The van der Waals surface area contributed by atoms with E-state index in [2.05, 4.69) is 16.7 Å². The standard InChI is InChI=1S/C14H22N2O2/c1-10(4-5-17)9-15-14(18)16-13-7-11(2)6-12(3)8-13/h6-8,10,17H,4-5,9H2,1-3H3,(H2,15,16,18). The first-order chi connectivity index (χ1) is 8.51. The summed E-state index contributed by atoms with van der Waals surface area (Å²) in [7, 11) is 0. The van der Waals surface area contributed by atoms with Crippen molar-refractivity contribution >= 4 is 11.7 Å². The third-order valence-corrected chi connectivity index (χ3v) is 2.71. The van der Waals surface area contributed by atoms with E-state index < -0.39 is 0 Å². The van der Waals surface area contributed by atoms with E-state index in [-0.39, 0.29) is 18.6 Å². The third kappa shape index (κ3) is 5.19. The average molecular weight is 250 g/mol. The van der Waals surface area contributed by atoms with Gasteiger partial charge < -0.3 is 15.7 Å². The van der Waals surface area contributed by atoms with Gasteiger partial charge in [-0.1, -0.05) is 13.0 Å². The molecule has 0 aliphatic heterocycles. The highest BCUT2D eigenvalue weighted by Gasteiger charge is 2.05. The quantitative estimate of drug-likeness (QED) is 0.751. The summed E-state index contributed by atoms with van der Waals surface area (Å²) in [6.45, 7) is 6.71. The van der Waals surface area contributed by atoms with Crippen LogP contribution in [0.25, 0.3) is 0 Å². The summed E-state index contributed by atoms with van der Waals surface area (Å²) >= 11 is 0. The molecule has 18 heavy (non-hydrogen) atoms. The van der Waals surface area contributed by atoms with Crippen LogP contribution >= 0.6 is 0 Å². The molecule has 1 atom stereocenters. The van der Waals surface area contributed by atoms with Gasteiger partial charge in [-0.05, 0) is 49.4 Å². The number of rotatable bonds is 5. The van der Waals surface area contributed by atoms with Crippen LogP contribution in [0, 0.1) is 19.8 Å². The first-order valence-electron chi connectivity index (χ1n) is 6.25. The van der Waals surface area contributed by atoms with Gasteiger partial charge in [0.1, 0.15) is 0 Å². The fourth-order valence-electron chi connectivity index (χ4n) is 1.81. The van der Waals surface area contributed by atoms with Crippen LogP contribution in [0.2, 0.25) is 0 Å². The number of carbonyl (C=O) groups is 1. The van der Waals surface area contributed by atoms with Crippen molar-refractivity contribution in [2.75, 3.05) is 18.5 Å². The fraction of sp³-hybridized carbons (Fsp3) is 0.500. The Labute approximate surface area is 108 Å². The molecule has 0 fully saturated rings. The molecule has 0 aliphatic carbocycles. The third-order valence-electron chi connectivity index (χ3n) is 2.71. The predicted octanol–water partition coefficient (Wildman–Crippen LogP) is 2.44. The van der Waals surface area contributed by atoms with Gasteiger partial charge in [0, 0.05) is 18.8 Å². The van der Waals surface area contributed by atoms with Gasteiger partial charge >= 0.3 is 6.03 Å². The second kappa shape index (κ2) is 7.01. The lowest BCUT2D eigenvalue weighted by atomic mass is 10.1. The van der Waals surface area contributed by atoms with Crippen molar-refractivity contribution in [2.24, 2.45) is 5.92 Å². The van der Waals surface area contributed by atoms with E-state index in [0.29, 0.717) is 13.0 Å². The minimum Gasteiger partial charge on any atom is -0.396 e. The summed E-state index contributed by atoms with van der Waals surface area (Å²) < 4.78 is 0. The van der Waals surface area contributed by atoms with Gasteiger partial charge in [-0.2, -0.15) is 0 Å². The van der Waals surface area contributed by atoms with Crippen molar-refractivity contribution in [3.63, 3.8) is 0 Å². The number of anilines is 1. The van der Waals surface area contributed by atoms with Crippen molar-refractivity contribution in [1.82, 2.24) is 5.32 Å². The summed E-state index contributed by atoms with van der Waals surface area (Å²) in [5.41, 5.74) is 3.05. The highest BCUT2D eigenvalue weighted by molar-refractivity contribution is 5.89. The van der Waals surface area contributed by atoms with E-state index in [9.17, 15) is 4.79 Å². The van der Waals surface area contributed by atoms with Crippen molar-refractivity contribution in [3.8, 4) is 0 Å². The van der Waals surface area contributed by atoms with Gasteiger partial charge in [-0.15, -0.1) is 0 Å². The van der Waals surface area contributed by atoms with Gasteiger partial charge in [0.05, 0.1) is 0 Å². The molecule has 0 bridgehead atoms. The monoisotopic (exact) mass is 250 g/mol. The fourth-order valence-corrected chi connectivity index (χ4v) is 1.81. The predicted molar refractivity (Wildman–Crippen MR) is 73.8 cm³/mol. The average Bonchev–Trinajstić information content (AvgIpc) is 2.25. The Morgan fingerprint density at radius 3 is 2.44 bits per heavy atom. The molecule has 1 unspecified atom stereocenters. The van der Waals surface area contributed by atoms with E-state index in [1.54, 1.807) is 0 Å². The maximum Gasteiger partial charge on any atom is 0.319 e. The normalized spacial score (nSPS) is 12.0. The van der Waals surface area contributed by atoms with Crippen molar-refractivity contribution in [1.29, 1.82) is 0 Å². The lowest BCUT2D eigenvalue weighted by molar-refractivity contribution is 0.243. The second-order valence-electron chi connectivity index (χ2n) is 4.83. The summed E-state index contributed by atoms with van der Waals surface area (Å²) in [6.07, 6.45) is 0.698. The van der Waals surface area contributed by atoms with Crippen LogP contribution in [0.4, 0.5) is 10.5 Å². The van der Waals surface area contributed by atoms with Crippen LogP contribution in [0.3, 0.4) is 0 Å². The number of hydrogen-bond acceptors (Lipinski definition) is 2. The zero-order valence-electron chi connectivity index (χ0n) is 11.3. The second-order valence-corrected chi connectivity index (χ2v) is 4.83. The van der Waals surface area contributed by atoms with Gasteiger partial charge in [0.2, 0.25) is 0 Å². The molecule has 100 valence electrons. The summed E-state index contributed by atoms with van der Waals surface area (Å²) in [4.78, 5) is 11.7. The molecule has 1 aromatic carbocycles. The maximum atomic E-state index is 11.7. The molecule has 0 aliphatic rings. The van der Waals surface area contributed by atoms with E-state index in [1.165, 1.54) is 0 Å². The number of urea groups is 1. The molecule has 2 amide bonds. The molecule has 1 aromatic rings. The topological polar surface area (TPSA) is 61.4 Å². The number of amides is 2. The Morgan fingerprint density at radius 2 is 1.89 bits per heavy atom. The molecule has 1 rings (SSSR count). The minimum absolute atomic E-state index is 0.154. The Morgan fingerprint density at radius 1 is 1.28 bits per heavy atom. The van der Waals surface area contributed by atoms with Crippen molar-refractivity contribution in [2.45, 2.75) is 27.2 Å². The zero-order valence-corrected chi connectivity index (χ0v) is 11.3. The molecule has 0 aromatic heterocycles. The first-order valence-corrected chi connectivity index (χ1v) is 6.25. The summed E-state index contributed by atoms with van der Waals surface area (Å²) in [5, 5.41) is 14.4. The van der Waals surface area contributed by atoms with Crippen LogP contribution in [0.15, 0.2) is 18.2 Å². The highest BCUT2D eigenvalue weighted by Crippen LogP contribution is 2.13. The molecule has 0 spiro atoms. The number of aryl methyl sites for hydroxylation is 2. The summed E-state index contributed by atoms with van der Waals surface area (Å²) in [5.74, 6) is 0.278. The van der Waals surface area contributed by atoms with Gasteiger partial charge in [0.25, 0.3) is 0 Å². The van der Waals surface area contributed by atoms with Gasteiger partial charge in [-0.25, -0.2) is 4.79 Å². The van der Waals surface area contributed by atoms with Gasteiger partial charge in [0.15, 0.2) is 0 Å². The van der Waals surface area contributed by atoms with Crippen LogP contribution in [-0.4, -0.2) is 24.3 Å². The Bertz CT molecular complexity index is 385. The molecule has 3 N–H and O–H groups in total. The van der Waals surface area contributed by atoms with Crippen LogP contribution < -0.4 is 10.6 Å². The zero-order chi connectivity index (χ0) is 13.5. The number of aliphatic hydroxyl groups is 1. The van der Waals surface area contributed by atoms with Crippen LogP contribution in [0.5, 0.6) is 0 Å². The Hall–Kier alpha value is -1.55. The number of nitrogens with one attached hydrogen (secondary N) is 2. The smallest absolute Gasteiger partial charge is 0.319 e.